The van der Waals surface area contributed by atoms with E-state index < -0.39 is 0 Å². The standard InChI is InChI=1S/C31H36N4S/c1-2-3-7-18-35-19-16-25(17-20-35)29-22-32-30-15-14-27(21-28(29)30)34-31(36)33-26-12-10-24(11-13-26)23-8-5-4-6-9-23/h4-6,8-15,21-22,25,32H,2-3,7,16-20H2,1H3,(H2,33,34,36). The first-order chi connectivity index (χ1) is 17.7. The molecular weight excluding hydrogens is 460 g/mol. The minimum atomic E-state index is 0.597. The van der Waals surface area contributed by atoms with Gasteiger partial charge in [0, 0.05) is 28.5 Å². The molecule has 5 heteroatoms. The van der Waals surface area contributed by atoms with Crippen molar-refractivity contribution in [2.45, 2.75) is 44.9 Å². The van der Waals surface area contributed by atoms with E-state index in [-0.39, 0.29) is 0 Å². The van der Waals surface area contributed by atoms with Gasteiger partial charge < -0.3 is 20.5 Å². The van der Waals surface area contributed by atoms with Crippen LogP contribution in [0.1, 0.15) is 50.5 Å². The lowest BCUT2D eigenvalue weighted by Crippen LogP contribution is -2.33. The van der Waals surface area contributed by atoms with Crippen molar-refractivity contribution in [2.24, 2.45) is 0 Å². The number of benzene rings is 3. The second kappa shape index (κ2) is 11.7. The fourth-order valence-electron chi connectivity index (χ4n) is 5.28. The largest absolute Gasteiger partial charge is 0.361 e. The molecule has 3 aromatic carbocycles. The summed E-state index contributed by atoms with van der Waals surface area (Å²) in [5.74, 6) is 0.615. The molecule has 1 aliphatic rings. The summed E-state index contributed by atoms with van der Waals surface area (Å²) in [5, 5.41) is 8.61. The number of unbranched alkanes of at least 4 members (excludes halogenated alkanes) is 2. The third-order valence-corrected chi connectivity index (χ3v) is 7.53. The molecule has 4 aromatic rings. The van der Waals surface area contributed by atoms with Crippen molar-refractivity contribution in [1.82, 2.24) is 9.88 Å². The maximum absolute atomic E-state index is 5.63. The van der Waals surface area contributed by atoms with E-state index >= 15 is 0 Å². The summed E-state index contributed by atoms with van der Waals surface area (Å²) in [5.41, 5.74) is 7.02. The number of thiocarbonyl (C=S) groups is 1. The summed E-state index contributed by atoms with van der Waals surface area (Å²) in [6.45, 7) is 5.94. The zero-order valence-electron chi connectivity index (χ0n) is 21.1. The minimum absolute atomic E-state index is 0.597. The molecule has 0 atom stereocenters. The first-order valence-electron chi connectivity index (χ1n) is 13.3. The zero-order valence-corrected chi connectivity index (χ0v) is 21.9. The number of piperidine rings is 1. The quantitative estimate of drug-likeness (QED) is 0.171. The van der Waals surface area contributed by atoms with Crippen molar-refractivity contribution in [1.29, 1.82) is 0 Å². The maximum atomic E-state index is 5.63. The number of nitrogens with zero attached hydrogens (tertiary/aromatic N) is 1. The number of hydrogen-bond donors (Lipinski definition) is 3. The lowest BCUT2D eigenvalue weighted by molar-refractivity contribution is 0.209. The topological polar surface area (TPSA) is 43.1 Å². The number of rotatable bonds is 8. The van der Waals surface area contributed by atoms with Crippen molar-refractivity contribution >= 4 is 39.6 Å². The molecule has 1 aromatic heterocycles. The number of likely N-dealkylation sites (tertiary alicyclic amines) is 1. The van der Waals surface area contributed by atoms with Crippen LogP contribution in [0.2, 0.25) is 0 Å². The van der Waals surface area contributed by atoms with E-state index in [4.69, 9.17) is 12.2 Å². The van der Waals surface area contributed by atoms with E-state index in [0.29, 0.717) is 11.0 Å². The number of H-pyrrole nitrogens is 1. The van der Waals surface area contributed by atoms with E-state index in [1.54, 1.807) is 0 Å². The molecule has 186 valence electrons. The first kappa shape index (κ1) is 24.5. The van der Waals surface area contributed by atoms with Crippen molar-refractivity contribution < 1.29 is 0 Å². The molecule has 0 saturated carbocycles. The normalized spacial score (nSPS) is 14.7. The van der Waals surface area contributed by atoms with Crippen LogP contribution >= 0.6 is 12.2 Å². The molecule has 1 saturated heterocycles. The fourth-order valence-corrected chi connectivity index (χ4v) is 5.52. The number of aromatic amines is 1. The zero-order chi connectivity index (χ0) is 24.7. The lowest BCUT2D eigenvalue weighted by Gasteiger charge is -2.32. The number of fused-ring (bicyclic) bond motifs is 1. The summed E-state index contributed by atoms with van der Waals surface area (Å²) in [7, 11) is 0. The molecule has 0 radical (unpaired) electrons. The van der Waals surface area contributed by atoms with Crippen LogP contribution in [0.15, 0.2) is 79.0 Å². The van der Waals surface area contributed by atoms with Gasteiger partial charge in [-0.3, -0.25) is 0 Å². The highest BCUT2D eigenvalue weighted by molar-refractivity contribution is 7.80. The first-order valence-corrected chi connectivity index (χ1v) is 13.7. The Morgan fingerprint density at radius 2 is 1.58 bits per heavy atom. The molecule has 3 N–H and O–H groups in total. The van der Waals surface area contributed by atoms with E-state index in [1.165, 1.54) is 79.3 Å². The Morgan fingerprint density at radius 3 is 2.33 bits per heavy atom. The third kappa shape index (κ3) is 5.97. The molecule has 0 aliphatic carbocycles. The Balaban J connectivity index is 1.20. The maximum Gasteiger partial charge on any atom is 0.175 e. The van der Waals surface area contributed by atoms with Gasteiger partial charge in [0.05, 0.1) is 0 Å². The predicted molar refractivity (Wildman–Crippen MR) is 158 cm³/mol. The molecule has 0 spiro atoms. The van der Waals surface area contributed by atoms with Gasteiger partial charge in [-0.25, -0.2) is 0 Å². The van der Waals surface area contributed by atoms with Gasteiger partial charge in [0.25, 0.3) is 0 Å². The highest BCUT2D eigenvalue weighted by atomic mass is 32.1. The molecule has 1 fully saturated rings. The molecule has 0 unspecified atom stereocenters. The average molecular weight is 497 g/mol. The van der Waals surface area contributed by atoms with Crippen molar-refractivity contribution in [3.8, 4) is 11.1 Å². The Kier molecular flexibility index (Phi) is 7.99. The molecule has 0 amide bonds. The number of anilines is 2. The Hall–Kier alpha value is -3.15. The summed E-state index contributed by atoms with van der Waals surface area (Å²) >= 11 is 5.63. The Bertz CT molecular complexity index is 1270. The molecule has 4 nitrogen and oxygen atoms in total. The summed E-state index contributed by atoms with van der Waals surface area (Å²) in [6.07, 6.45) is 8.64. The fraction of sp³-hybridized carbons (Fsp3) is 0.323. The van der Waals surface area contributed by atoms with Crippen LogP contribution < -0.4 is 10.6 Å². The van der Waals surface area contributed by atoms with Gasteiger partial charge >= 0.3 is 0 Å². The summed E-state index contributed by atoms with van der Waals surface area (Å²) < 4.78 is 0. The third-order valence-electron chi connectivity index (χ3n) is 7.33. The second-order valence-electron chi connectivity index (χ2n) is 9.85. The van der Waals surface area contributed by atoms with Gasteiger partial charge in [-0.05, 0) is 104 Å². The van der Waals surface area contributed by atoms with Gasteiger partial charge in [-0.1, -0.05) is 62.2 Å². The van der Waals surface area contributed by atoms with Crippen LogP contribution in [0.25, 0.3) is 22.0 Å². The predicted octanol–water partition coefficient (Wildman–Crippen LogP) is 8.01. The van der Waals surface area contributed by atoms with E-state index in [1.807, 2.05) is 6.07 Å². The molecule has 5 rings (SSSR count). The van der Waals surface area contributed by atoms with Crippen LogP contribution in [-0.2, 0) is 0 Å². The van der Waals surface area contributed by atoms with Crippen molar-refractivity contribution in [3.05, 3.63) is 84.6 Å². The van der Waals surface area contributed by atoms with Crippen molar-refractivity contribution in [3.63, 3.8) is 0 Å². The van der Waals surface area contributed by atoms with Crippen LogP contribution in [0.4, 0.5) is 11.4 Å². The van der Waals surface area contributed by atoms with Gasteiger partial charge in [0.15, 0.2) is 5.11 Å². The van der Waals surface area contributed by atoms with Gasteiger partial charge in [-0.15, -0.1) is 0 Å². The highest BCUT2D eigenvalue weighted by Gasteiger charge is 2.22. The van der Waals surface area contributed by atoms with Crippen LogP contribution in [0, 0.1) is 0 Å². The second-order valence-corrected chi connectivity index (χ2v) is 10.3. The van der Waals surface area contributed by atoms with Gasteiger partial charge in [-0.2, -0.15) is 0 Å². The van der Waals surface area contributed by atoms with E-state index in [9.17, 15) is 0 Å². The molecular formula is C31H36N4S. The monoisotopic (exact) mass is 496 g/mol. The van der Waals surface area contributed by atoms with Crippen LogP contribution in [0.5, 0.6) is 0 Å². The summed E-state index contributed by atoms with van der Waals surface area (Å²) in [4.78, 5) is 6.13. The smallest absolute Gasteiger partial charge is 0.175 e. The highest BCUT2D eigenvalue weighted by Crippen LogP contribution is 2.34. The molecule has 1 aliphatic heterocycles. The SMILES string of the molecule is CCCCCN1CCC(c2c[nH]c3ccc(NC(=S)Nc4ccc(-c5ccccc5)cc4)cc23)CC1. The average Bonchev–Trinajstić information content (AvgIpc) is 3.33. The van der Waals surface area contributed by atoms with E-state index in [2.05, 4.69) is 100 Å². The summed E-state index contributed by atoms with van der Waals surface area (Å²) in [6, 6.07) is 25.3. The molecule has 36 heavy (non-hydrogen) atoms. The number of nitrogens with one attached hydrogen (secondary N) is 3. The minimum Gasteiger partial charge on any atom is -0.361 e. The Morgan fingerprint density at radius 1 is 0.889 bits per heavy atom. The van der Waals surface area contributed by atoms with Gasteiger partial charge in [0.1, 0.15) is 0 Å². The molecule has 2 heterocycles. The number of hydrogen-bond acceptors (Lipinski definition) is 2. The van der Waals surface area contributed by atoms with Crippen LogP contribution in [-0.4, -0.2) is 34.6 Å². The van der Waals surface area contributed by atoms with E-state index in [0.717, 1.165) is 11.4 Å². The molecule has 0 bridgehead atoms. The number of aromatic nitrogens is 1. The van der Waals surface area contributed by atoms with Gasteiger partial charge in [0.2, 0.25) is 0 Å². The van der Waals surface area contributed by atoms with Crippen LogP contribution in [0.3, 0.4) is 0 Å². The lowest BCUT2D eigenvalue weighted by atomic mass is 9.89. The Labute approximate surface area is 220 Å². The van der Waals surface area contributed by atoms with Crippen molar-refractivity contribution in [2.75, 3.05) is 30.3 Å².